The summed E-state index contributed by atoms with van der Waals surface area (Å²) < 4.78 is 0. The van der Waals surface area contributed by atoms with Crippen molar-refractivity contribution in [1.29, 1.82) is 5.26 Å². The van der Waals surface area contributed by atoms with Gasteiger partial charge in [-0.2, -0.15) is 5.26 Å². The molecule has 2 N–H and O–H groups in total. The van der Waals surface area contributed by atoms with Crippen molar-refractivity contribution in [3.63, 3.8) is 0 Å². The van der Waals surface area contributed by atoms with E-state index in [4.69, 9.17) is 5.26 Å². The van der Waals surface area contributed by atoms with E-state index in [1.54, 1.807) is 0 Å². The van der Waals surface area contributed by atoms with Crippen LogP contribution >= 0.6 is 0 Å². The molecule has 0 saturated heterocycles. The zero-order chi connectivity index (χ0) is 13.0. The molecule has 18 heavy (non-hydrogen) atoms. The summed E-state index contributed by atoms with van der Waals surface area (Å²) in [5, 5.41) is 16.0. The van der Waals surface area contributed by atoms with Gasteiger partial charge in [0.1, 0.15) is 6.07 Å². The summed E-state index contributed by atoms with van der Waals surface area (Å²) in [6.45, 7) is 2.06. The second-order valence-corrected chi connectivity index (χ2v) is 5.14. The van der Waals surface area contributed by atoms with Crippen LogP contribution in [0.15, 0.2) is 18.2 Å². The summed E-state index contributed by atoms with van der Waals surface area (Å²) in [5.41, 5.74) is 2.93. The van der Waals surface area contributed by atoms with Gasteiger partial charge in [-0.05, 0) is 57.4 Å². The predicted molar refractivity (Wildman–Crippen MR) is 74.6 cm³/mol. The molecule has 0 amide bonds. The lowest BCUT2D eigenvalue weighted by Crippen LogP contribution is -2.35. The van der Waals surface area contributed by atoms with Crippen molar-refractivity contribution in [3.05, 3.63) is 29.3 Å². The normalized spacial score (nSPS) is 23.4. The number of rotatable bonds is 3. The van der Waals surface area contributed by atoms with Gasteiger partial charge in [-0.1, -0.05) is 6.07 Å². The predicted octanol–water partition coefficient (Wildman–Crippen LogP) is 2.81. The first-order valence-electron chi connectivity index (χ1n) is 6.67. The number of benzene rings is 1. The molecule has 0 unspecified atom stereocenters. The molecule has 0 heterocycles. The van der Waals surface area contributed by atoms with Gasteiger partial charge in [0.15, 0.2) is 0 Å². The highest BCUT2D eigenvalue weighted by Crippen LogP contribution is 2.24. The standard InChI is InChI=1S/C15H21N3/c1-11-3-4-12(10-16)15(9-11)18-14-7-5-13(17-2)6-8-14/h3-4,9,13-14,17-18H,5-8H2,1-2H3. The van der Waals surface area contributed by atoms with Crippen LogP contribution in [-0.4, -0.2) is 19.1 Å². The maximum atomic E-state index is 9.12. The molecule has 1 fully saturated rings. The van der Waals surface area contributed by atoms with Crippen molar-refractivity contribution < 1.29 is 0 Å². The Morgan fingerprint density at radius 3 is 2.44 bits per heavy atom. The molecule has 0 bridgehead atoms. The van der Waals surface area contributed by atoms with E-state index in [2.05, 4.69) is 29.7 Å². The minimum Gasteiger partial charge on any atom is -0.381 e. The van der Waals surface area contributed by atoms with E-state index in [0.29, 0.717) is 12.1 Å². The van der Waals surface area contributed by atoms with Crippen LogP contribution in [0.5, 0.6) is 0 Å². The van der Waals surface area contributed by atoms with Gasteiger partial charge in [0.05, 0.1) is 11.3 Å². The highest BCUT2D eigenvalue weighted by atomic mass is 14.9. The number of nitrogens with zero attached hydrogens (tertiary/aromatic N) is 1. The van der Waals surface area contributed by atoms with Crippen LogP contribution < -0.4 is 10.6 Å². The fraction of sp³-hybridized carbons (Fsp3) is 0.533. The lowest BCUT2D eigenvalue weighted by molar-refractivity contribution is 0.371. The van der Waals surface area contributed by atoms with Crippen LogP contribution in [0.3, 0.4) is 0 Å². The number of anilines is 1. The van der Waals surface area contributed by atoms with Gasteiger partial charge in [0, 0.05) is 12.1 Å². The molecular weight excluding hydrogens is 222 g/mol. The number of nitriles is 1. The Kier molecular flexibility index (Phi) is 4.22. The zero-order valence-electron chi connectivity index (χ0n) is 11.2. The van der Waals surface area contributed by atoms with E-state index in [-0.39, 0.29) is 0 Å². The maximum Gasteiger partial charge on any atom is 0.101 e. The van der Waals surface area contributed by atoms with E-state index in [0.717, 1.165) is 11.3 Å². The van der Waals surface area contributed by atoms with Crippen LogP contribution in [0.1, 0.15) is 36.8 Å². The summed E-state index contributed by atoms with van der Waals surface area (Å²) in [5.74, 6) is 0. The van der Waals surface area contributed by atoms with E-state index >= 15 is 0 Å². The third-order valence-corrected chi connectivity index (χ3v) is 3.79. The third-order valence-electron chi connectivity index (χ3n) is 3.79. The summed E-state index contributed by atoms with van der Waals surface area (Å²) in [7, 11) is 2.03. The van der Waals surface area contributed by atoms with Crippen molar-refractivity contribution in [2.75, 3.05) is 12.4 Å². The van der Waals surface area contributed by atoms with E-state index in [1.165, 1.54) is 31.2 Å². The zero-order valence-corrected chi connectivity index (χ0v) is 11.2. The van der Waals surface area contributed by atoms with Crippen LogP contribution in [0.25, 0.3) is 0 Å². The molecule has 96 valence electrons. The first-order chi connectivity index (χ1) is 8.72. The first-order valence-corrected chi connectivity index (χ1v) is 6.67. The molecule has 0 radical (unpaired) electrons. The molecular formula is C15H21N3. The maximum absolute atomic E-state index is 9.12. The lowest BCUT2D eigenvalue weighted by Gasteiger charge is -2.29. The minimum absolute atomic E-state index is 0.503. The Labute approximate surface area is 109 Å². The first kappa shape index (κ1) is 12.9. The van der Waals surface area contributed by atoms with E-state index < -0.39 is 0 Å². The number of hydrogen-bond donors (Lipinski definition) is 2. The fourth-order valence-corrected chi connectivity index (χ4v) is 2.62. The largest absolute Gasteiger partial charge is 0.381 e. The molecule has 0 aromatic heterocycles. The number of nitrogens with one attached hydrogen (secondary N) is 2. The smallest absolute Gasteiger partial charge is 0.101 e. The van der Waals surface area contributed by atoms with Crippen molar-refractivity contribution in [1.82, 2.24) is 5.32 Å². The summed E-state index contributed by atoms with van der Waals surface area (Å²) >= 11 is 0. The number of aryl methyl sites for hydroxylation is 1. The summed E-state index contributed by atoms with van der Waals surface area (Å²) in [6, 6.07) is 9.38. The molecule has 0 aliphatic heterocycles. The highest BCUT2D eigenvalue weighted by Gasteiger charge is 2.20. The Hall–Kier alpha value is -1.53. The van der Waals surface area contributed by atoms with E-state index in [1.807, 2.05) is 19.2 Å². The Balaban J connectivity index is 2.02. The minimum atomic E-state index is 0.503. The molecule has 1 saturated carbocycles. The molecule has 1 aliphatic rings. The van der Waals surface area contributed by atoms with Crippen LogP contribution in [0.2, 0.25) is 0 Å². The lowest BCUT2D eigenvalue weighted by atomic mass is 9.91. The van der Waals surface area contributed by atoms with Gasteiger partial charge in [0.2, 0.25) is 0 Å². The topological polar surface area (TPSA) is 47.8 Å². The van der Waals surface area contributed by atoms with Crippen molar-refractivity contribution >= 4 is 5.69 Å². The Morgan fingerprint density at radius 1 is 1.17 bits per heavy atom. The Morgan fingerprint density at radius 2 is 1.83 bits per heavy atom. The van der Waals surface area contributed by atoms with Gasteiger partial charge in [-0.25, -0.2) is 0 Å². The molecule has 0 atom stereocenters. The molecule has 3 nitrogen and oxygen atoms in total. The second kappa shape index (κ2) is 5.88. The average Bonchev–Trinajstić information content (AvgIpc) is 2.40. The van der Waals surface area contributed by atoms with Crippen molar-refractivity contribution in [3.8, 4) is 6.07 Å². The molecule has 1 aromatic carbocycles. The average molecular weight is 243 g/mol. The Bertz CT molecular complexity index is 440. The van der Waals surface area contributed by atoms with E-state index in [9.17, 15) is 0 Å². The van der Waals surface area contributed by atoms with Crippen molar-refractivity contribution in [2.45, 2.75) is 44.7 Å². The van der Waals surface area contributed by atoms with Crippen molar-refractivity contribution in [2.24, 2.45) is 0 Å². The molecule has 2 rings (SSSR count). The van der Waals surface area contributed by atoms with Crippen LogP contribution in [0, 0.1) is 18.3 Å². The van der Waals surface area contributed by atoms with Gasteiger partial charge in [-0.3, -0.25) is 0 Å². The SMILES string of the molecule is CNC1CCC(Nc2cc(C)ccc2C#N)CC1. The van der Waals surface area contributed by atoms with Gasteiger partial charge in [0.25, 0.3) is 0 Å². The van der Waals surface area contributed by atoms with Gasteiger partial charge < -0.3 is 10.6 Å². The van der Waals surface area contributed by atoms with Crippen LogP contribution in [-0.2, 0) is 0 Å². The second-order valence-electron chi connectivity index (χ2n) is 5.14. The van der Waals surface area contributed by atoms with Gasteiger partial charge >= 0.3 is 0 Å². The molecule has 1 aromatic rings. The van der Waals surface area contributed by atoms with Crippen LogP contribution in [0.4, 0.5) is 5.69 Å². The summed E-state index contributed by atoms with van der Waals surface area (Å²) in [6.07, 6.45) is 4.76. The highest BCUT2D eigenvalue weighted by molar-refractivity contribution is 5.59. The quantitative estimate of drug-likeness (QED) is 0.858. The number of hydrogen-bond acceptors (Lipinski definition) is 3. The monoisotopic (exact) mass is 243 g/mol. The molecule has 0 spiro atoms. The third kappa shape index (κ3) is 3.02. The fourth-order valence-electron chi connectivity index (χ4n) is 2.62. The summed E-state index contributed by atoms with van der Waals surface area (Å²) in [4.78, 5) is 0. The van der Waals surface area contributed by atoms with Gasteiger partial charge in [-0.15, -0.1) is 0 Å². The molecule has 3 heteroatoms. The molecule has 1 aliphatic carbocycles.